The van der Waals surface area contributed by atoms with Crippen LogP contribution in [0.25, 0.3) is 0 Å². The summed E-state index contributed by atoms with van der Waals surface area (Å²) in [5.41, 5.74) is -2.03. The monoisotopic (exact) mass is 270 g/mol. The van der Waals surface area contributed by atoms with Crippen molar-refractivity contribution >= 4 is 0 Å². The number of rotatable bonds is 3. The fraction of sp³-hybridized carbons (Fsp3) is 0.333. The van der Waals surface area contributed by atoms with E-state index in [0.717, 1.165) is 0 Å². The van der Waals surface area contributed by atoms with Gasteiger partial charge in [0.25, 0.3) is 6.43 Å². The van der Waals surface area contributed by atoms with Gasteiger partial charge < -0.3 is 4.74 Å². The number of pyridine rings is 1. The largest absolute Gasteiger partial charge is 0.573 e. The number of aromatic nitrogens is 1. The standard InChI is InChI=1S/C9H4F6N2O/c10-6-3-5(18-9(13,14)15)7(8(11)12)4(17-6)1-2-16/h3,8H,1H2. The molecule has 0 N–H and O–H groups in total. The average Bonchev–Trinajstić information content (AvgIpc) is 2.13. The van der Waals surface area contributed by atoms with Crippen molar-refractivity contribution in [2.75, 3.05) is 0 Å². The number of alkyl halides is 5. The van der Waals surface area contributed by atoms with Crippen LogP contribution >= 0.6 is 0 Å². The summed E-state index contributed by atoms with van der Waals surface area (Å²) in [6.07, 6.45) is -9.38. The fourth-order valence-electron chi connectivity index (χ4n) is 1.20. The Labute approximate surface area is 96.6 Å². The molecule has 0 bridgehead atoms. The highest BCUT2D eigenvalue weighted by Gasteiger charge is 2.34. The topological polar surface area (TPSA) is 45.9 Å². The second kappa shape index (κ2) is 5.12. The molecule has 1 rings (SSSR count). The van der Waals surface area contributed by atoms with Crippen LogP contribution in [0.3, 0.4) is 0 Å². The number of hydrogen-bond acceptors (Lipinski definition) is 3. The van der Waals surface area contributed by atoms with E-state index in [1.807, 2.05) is 0 Å². The summed E-state index contributed by atoms with van der Waals surface area (Å²) in [4.78, 5) is 2.96. The quantitative estimate of drug-likeness (QED) is 0.626. The first-order valence-corrected chi connectivity index (χ1v) is 4.34. The molecule has 98 valence electrons. The third-order valence-corrected chi connectivity index (χ3v) is 1.76. The molecule has 0 unspecified atom stereocenters. The Morgan fingerprint density at radius 1 is 1.39 bits per heavy atom. The van der Waals surface area contributed by atoms with Crippen LogP contribution in [-0.4, -0.2) is 11.3 Å². The first-order chi connectivity index (χ1) is 8.24. The summed E-state index contributed by atoms with van der Waals surface area (Å²) in [6.45, 7) is 0. The van der Waals surface area contributed by atoms with Crippen LogP contribution < -0.4 is 4.74 Å². The SMILES string of the molecule is N#CCc1nc(F)cc(OC(F)(F)F)c1C(F)F. The van der Waals surface area contributed by atoms with E-state index < -0.39 is 42.2 Å². The predicted molar refractivity (Wildman–Crippen MR) is 45.2 cm³/mol. The molecular weight excluding hydrogens is 266 g/mol. The summed E-state index contributed by atoms with van der Waals surface area (Å²) >= 11 is 0. The van der Waals surface area contributed by atoms with Gasteiger partial charge in [0.1, 0.15) is 5.75 Å². The molecule has 0 aliphatic heterocycles. The highest BCUT2D eigenvalue weighted by molar-refractivity contribution is 5.38. The molecule has 1 aromatic heterocycles. The van der Waals surface area contributed by atoms with Crippen molar-refractivity contribution in [1.29, 1.82) is 5.26 Å². The van der Waals surface area contributed by atoms with E-state index in [1.54, 1.807) is 0 Å². The molecule has 0 saturated heterocycles. The van der Waals surface area contributed by atoms with Crippen LogP contribution in [0.5, 0.6) is 5.75 Å². The maximum atomic E-state index is 12.9. The van der Waals surface area contributed by atoms with Crippen LogP contribution in [0.15, 0.2) is 6.07 Å². The summed E-state index contributed by atoms with van der Waals surface area (Å²) < 4.78 is 77.2. The summed E-state index contributed by atoms with van der Waals surface area (Å²) in [6, 6.07) is 1.49. The van der Waals surface area contributed by atoms with Gasteiger partial charge in [-0.2, -0.15) is 9.65 Å². The molecule has 0 amide bonds. The van der Waals surface area contributed by atoms with Crippen LogP contribution in [0.4, 0.5) is 26.3 Å². The van der Waals surface area contributed by atoms with Gasteiger partial charge in [0.2, 0.25) is 5.95 Å². The van der Waals surface area contributed by atoms with Gasteiger partial charge in [-0.3, -0.25) is 0 Å². The van der Waals surface area contributed by atoms with E-state index in [4.69, 9.17) is 5.26 Å². The molecule has 0 aliphatic rings. The van der Waals surface area contributed by atoms with Crippen molar-refractivity contribution in [2.24, 2.45) is 0 Å². The van der Waals surface area contributed by atoms with E-state index in [0.29, 0.717) is 0 Å². The Bertz CT molecular complexity index is 479. The van der Waals surface area contributed by atoms with Crippen LogP contribution in [0.1, 0.15) is 17.7 Å². The Morgan fingerprint density at radius 3 is 2.44 bits per heavy atom. The smallest absolute Gasteiger partial charge is 0.405 e. The molecular formula is C9H4F6N2O. The number of nitrogens with zero attached hydrogens (tertiary/aromatic N) is 2. The predicted octanol–water partition coefficient (Wildman–Crippen LogP) is 3.12. The van der Waals surface area contributed by atoms with E-state index >= 15 is 0 Å². The van der Waals surface area contributed by atoms with Crippen LogP contribution in [0, 0.1) is 17.3 Å². The van der Waals surface area contributed by atoms with Crippen molar-refractivity contribution in [3.63, 3.8) is 0 Å². The number of ether oxygens (including phenoxy) is 1. The van der Waals surface area contributed by atoms with Crippen LogP contribution in [-0.2, 0) is 6.42 Å². The number of hydrogen-bond donors (Lipinski definition) is 0. The number of nitriles is 1. The second-order valence-electron chi connectivity index (χ2n) is 2.99. The van der Waals surface area contributed by atoms with Crippen molar-refractivity contribution in [1.82, 2.24) is 4.98 Å². The molecule has 0 atom stereocenters. The lowest BCUT2D eigenvalue weighted by Gasteiger charge is -2.14. The zero-order valence-corrected chi connectivity index (χ0v) is 8.43. The highest BCUT2D eigenvalue weighted by Crippen LogP contribution is 2.35. The summed E-state index contributed by atoms with van der Waals surface area (Å²) in [7, 11) is 0. The zero-order valence-electron chi connectivity index (χ0n) is 8.43. The van der Waals surface area contributed by atoms with Gasteiger partial charge in [0.15, 0.2) is 0 Å². The Kier molecular flexibility index (Phi) is 4.00. The van der Waals surface area contributed by atoms with Gasteiger partial charge in [-0.05, 0) is 0 Å². The first kappa shape index (κ1) is 14.1. The average molecular weight is 270 g/mol. The summed E-state index contributed by atoms with van der Waals surface area (Å²) in [5, 5.41) is 8.32. The lowest BCUT2D eigenvalue weighted by atomic mass is 10.1. The lowest BCUT2D eigenvalue weighted by molar-refractivity contribution is -0.275. The molecule has 0 saturated carbocycles. The maximum absolute atomic E-state index is 12.9. The number of halogens is 6. The molecule has 0 fully saturated rings. The van der Waals surface area contributed by atoms with Crippen molar-refractivity contribution in [3.8, 4) is 11.8 Å². The van der Waals surface area contributed by atoms with E-state index in [9.17, 15) is 26.3 Å². The van der Waals surface area contributed by atoms with Gasteiger partial charge >= 0.3 is 6.36 Å². The molecule has 1 heterocycles. The fourth-order valence-corrected chi connectivity index (χ4v) is 1.20. The van der Waals surface area contributed by atoms with Crippen molar-refractivity contribution in [3.05, 3.63) is 23.3 Å². The van der Waals surface area contributed by atoms with Gasteiger partial charge in [0, 0.05) is 6.07 Å². The van der Waals surface area contributed by atoms with Crippen LogP contribution in [0.2, 0.25) is 0 Å². The van der Waals surface area contributed by atoms with E-state index in [1.165, 1.54) is 6.07 Å². The maximum Gasteiger partial charge on any atom is 0.573 e. The molecule has 0 spiro atoms. The molecule has 0 aliphatic carbocycles. The Balaban J connectivity index is 3.35. The molecule has 1 aromatic rings. The van der Waals surface area contributed by atoms with E-state index in [2.05, 4.69) is 9.72 Å². The molecule has 0 aromatic carbocycles. The Hall–Kier alpha value is -1.98. The van der Waals surface area contributed by atoms with E-state index in [-0.39, 0.29) is 6.07 Å². The first-order valence-electron chi connectivity index (χ1n) is 4.34. The Morgan fingerprint density at radius 2 is 2.00 bits per heavy atom. The van der Waals surface area contributed by atoms with Crippen molar-refractivity contribution < 1.29 is 31.1 Å². The molecule has 9 heteroatoms. The van der Waals surface area contributed by atoms with Gasteiger partial charge in [-0.25, -0.2) is 13.8 Å². The zero-order chi connectivity index (χ0) is 13.9. The lowest BCUT2D eigenvalue weighted by Crippen LogP contribution is -2.19. The van der Waals surface area contributed by atoms with Gasteiger partial charge in [-0.15, -0.1) is 13.2 Å². The molecule has 0 radical (unpaired) electrons. The normalized spacial score (nSPS) is 11.4. The minimum Gasteiger partial charge on any atom is -0.405 e. The molecule has 18 heavy (non-hydrogen) atoms. The van der Waals surface area contributed by atoms with Gasteiger partial charge in [0.05, 0.1) is 23.7 Å². The summed E-state index contributed by atoms with van der Waals surface area (Å²) in [5.74, 6) is -2.83. The third-order valence-electron chi connectivity index (χ3n) is 1.76. The van der Waals surface area contributed by atoms with Gasteiger partial charge in [-0.1, -0.05) is 0 Å². The highest BCUT2D eigenvalue weighted by atomic mass is 19.4. The minimum atomic E-state index is -5.25. The minimum absolute atomic E-state index is 0.0931. The van der Waals surface area contributed by atoms with Crippen molar-refractivity contribution in [2.45, 2.75) is 19.2 Å². The third kappa shape index (κ3) is 3.51. The molecule has 3 nitrogen and oxygen atoms in total. The second-order valence-corrected chi connectivity index (χ2v) is 2.99.